The molecule has 0 unspecified atom stereocenters. The fourth-order valence-corrected chi connectivity index (χ4v) is 3.33. The minimum atomic E-state index is -4.40. The van der Waals surface area contributed by atoms with Gasteiger partial charge in [-0.05, 0) is 43.3 Å². The zero-order valence-electron chi connectivity index (χ0n) is 16.0. The lowest BCUT2D eigenvalue weighted by Gasteiger charge is -2.19. The summed E-state index contributed by atoms with van der Waals surface area (Å²) in [4.78, 5) is 27.5. The zero-order valence-corrected chi connectivity index (χ0v) is 16.0. The van der Waals surface area contributed by atoms with Crippen LogP contribution in [0.3, 0.4) is 0 Å². The molecule has 2 amide bonds. The van der Waals surface area contributed by atoms with Crippen LogP contribution in [0.5, 0.6) is 0 Å². The molecule has 0 saturated carbocycles. The van der Waals surface area contributed by atoms with Crippen LogP contribution < -0.4 is 10.2 Å². The Balaban J connectivity index is 1.57. The van der Waals surface area contributed by atoms with E-state index < -0.39 is 11.7 Å². The fourth-order valence-electron chi connectivity index (χ4n) is 3.33. The smallest absolute Gasteiger partial charge is 0.325 e. The van der Waals surface area contributed by atoms with Crippen LogP contribution in [-0.4, -0.2) is 36.9 Å². The highest BCUT2D eigenvalue weighted by molar-refractivity contribution is 5.97. The normalized spacial score (nSPS) is 14.5. The van der Waals surface area contributed by atoms with Gasteiger partial charge in [0.05, 0.1) is 12.1 Å². The Kier molecular flexibility index (Phi) is 6.22. The lowest BCUT2D eigenvalue weighted by atomic mass is 10.1. The molecule has 2 aromatic rings. The molecule has 2 aromatic carbocycles. The van der Waals surface area contributed by atoms with Crippen LogP contribution in [-0.2, 0) is 22.3 Å². The number of rotatable bonds is 6. The van der Waals surface area contributed by atoms with Gasteiger partial charge in [-0.2, -0.15) is 13.2 Å². The molecule has 0 radical (unpaired) electrons. The van der Waals surface area contributed by atoms with Gasteiger partial charge in [0.25, 0.3) is 0 Å². The van der Waals surface area contributed by atoms with Gasteiger partial charge in [0, 0.05) is 30.9 Å². The van der Waals surface area contributed by atoms with Crippen LogP contribution >= 0.6 is 0 Å². The first kappa shape index (κ1) is 20.9. The number of hydrogen-bond donors (Lipinski definition) is 1. The SMILES string of the molecule is CN(CC(=O)Nc1cccc(N2CCCC2=O)c1)Cc1cccc(C(F)(F)F)c1. The molecule has 154 valence electrons. The Morgan fingerprint density at radius 3 is 2.62 bits per heavy atom. The molecule has 0 atom stereocenters. The molecule has 1 aliphatic rings. The van der Waals surface area contributed by atoms with E-state index in [1.165, 1.54) is 6.07 Å². The quantitative estimate of drug-likeness (QED) is 0.793. The van der Waals surface area contributed by atoms with Crippen LogP contribution in [0.4, 0.5) is 24.5 Å². The monoisotopic (exact) mass is 405 g/mol. The Morgan fingerprint density at radius 2 is 1.93 bits per heavy atom. The number of likely N-dealkylation sites (N-methyl/N-ethyl adjacent to an activating group) is 1. The standard InChI is InChI=1S/C21H22F3N3O2/c1-26(13-15-5-2-6-16(11-15)21(22,23)24)14-19(28)25-17-7-3-8-18(12-17)27-10-4-9-20(27)29/h2-3,5-8,11-12H,4,9-10,13-14H2,1H3,(H,25,28). The first-order valence-corrected chi connectivity index (χ1v) is 9.27. The molecule has 1 saturated heterocycles. The summed E-state index contributed by atoms with van der Waals surface area (Å²) in [5.74, 6) is -0.223. The van der Waals surface area contributed by atoms with Gasteiger partial charge in [-0.3, -0.25) is 14.5 Å². The van der Waals surface area contributed by atoms with Gasteiger partial charge in [0.2, 0.25) is 11.8 Å². The van der Waals surface area contributed by atoms with Gasteiger partial charge in [-0.1, -0.05) is 24.3 Å². The summed E-state index contributed by atoms with van der Waals surface area (Å²) in [6.07, 6.45) is -3.06. The third-order valence-electron chi connectivity index (χ3n) is 4.64. The molecule has 1 heterocycles. The van der Waals surface area contributed by atoms with Crippen molar-refractivity contribution < 1.29 is 22.8 Å². The van der Waals surface area contributed by atoms with E-state index in [0.29, 0.717) is 24.2 Å². The number of carbonyl (C=O) groups excluding carboxylic acids is 2. The van der Waals surface area contributed by atoms with Gasteiger partial charge in [-0.25, -0.2) is 0 Å². The largest absolute Gasteiger partial charge is 0.416 e. The number of carbonyl (C=O) groups is 2. The van der Waals surface area contributed by atoms with E-state index in [1.807, 2.05) is 6.07 Å². The summed E-state index contributed by atoms with van der Waals surface area (Å²) in [6, 6.07) is 12.1. The van der Waals surface area contributed by atoms with Crippen molar-refractivity contribution in [3.05, 3.63) is 59.7 Å². The summed E-state index contributed by atoms with van der Waals surface area (Å²) in [5.41, 5.74) is 1.08. The molecular formula is C21H22F3N3O2. The third-order valence-corrected chi connectivity index (χ3v) is 4.64. The number of alkyl halides is 3. The molecule has 1 aliphatic heterocycles. The highest BCUT2D eigenvalue weighted by Gasteiger charge is 2.30. The molecule has 5 nitrogen and oxygen atoms in total. The number of anilines is 2. The number of amides is 2. The van der Waals surface area contributed by atoms with Crippen molar-refractivity contribution in [3.8, 4) is 0 Å². The summed E-state index contributed by atoms with van der Waals surface area (Å²) < 4.78 is 38.5. The second kappa shape index (κ2) is 8.65. The van der Waals surface area contributed by atoms with Gasteiger partial charge >= 0.3 is 6.18 Å². The van der Waals surface area contributed by atoms with Gasteiger partial charge in [0.1, 0.15) is 0 Å². The van der Waals surface area contributed by atoms with Crippen molar-refractivity contribution in [3.63, 3.8) is 0 Å². The Hall–Kier alpha value is -2.87. The molecule has 1 fully saturated rings. The number of hydrogen-bond acceptors (Lipinski definition) is 3. The lowest BCUT2D eigenvalue weighted by molar-refractivity contribution is -0.137. The molecule has 0 bridgehead atoms. The topological polar surface area (TPSA) is 52.7 Å². The molecule has 29 heavy (non-hydrogen) atoms. The number of benzene rings is 2. The third kappa shape index (κ3) is 5.57. The molecule has 1 N–H and O–H groups in total. The predicted octanol–water partition coefficient (Wildman–Crippen LogP) is 3.90. The van der Waals surface area contributed by atoms with Crippen LogP contribution in [0.1, 0.15) is 24.0 Å². The number of nitrogens with one attached hydrogen (secondary N) is 1. The van der Waals surface area contributed by atoms with E-state index in [2.05, 4.69) is 5.32 Å². The molecular weight excluding hydrogens is 383 g/mol. The molecule has 0 aliphatic carbocycles. The fraction of sp³-hybridized carbons (Fsp3) is 0.333. The van der Waals surface area contributed by atoms with Gasteiger partial charge < -0.3 is 10.2 Å². The van der Waals surface area contributed by atoms with Crippen molar-refractivity contribution in [2.45, 2.75) is 25.6 Å². The predicted molar refractivity (Wildman–Crippen MR) is 104 cm³/mol. The van der Waals surface area contributed by atoms with Crippen molar-refractivity contribution in [1.29, 1.82) is 0 Å². The van der Waals surface area contributed by atoms with E-state index in [0.717, 1.165) is 24.2 Å². The van der Waals surface area contributed by atoms with Gasteiger partial charge in [0.15, 0.2) is 0 Å². The van der Waals surface area contributed by atoms with E-state index >= 15 is 0 Å². The van der Waals surface area contributed by atoms with Crippen molar-refractivity contribution in [2.24, 2.45) is 0 Å². The van der Waals surface area contributed by atoms with Crippen LogP contribution in [0.15, 0.2) is 48.5 Å². The number of nitrogens with zero attached hydrogens (tertiary/aromatic N) is 2. The average molecular weight is 405 g/mol. The summed E-state index contributed by atoms with van der Waals surface area (Å²) in [6.45, 7) is 0.888. The van der Waals surface area contributed by atoms with Gasteiger partial charge in [-0.15, -0.1) is 0 Å². The van der Waals surface area contributed by atoms with E-state index in [1.54, 1.807) is 41.1 Å². The number of halogens is 3. The maximum atomic E-state index is 12.8. The Bertz CT molecular complexity index is 899. The minimum absolute atomic E-state index is 0.0170. The summed E-state index contributed by atoms with van der Waals surface area (Å²) in [5, 5.41) is 2.77. The molecule has 0 aromatic heterocycles. The Labute approximate surface area is 167 Å². The average Bonchev–Trinajstić information content (AvgIpc) is 3.07. The Morgan fingerprint density at radius 1 is 1.17 bits per heavy atom. The maximum absolute atomic E-state index is 12.8. The van der Waals surface area contributed by atoms with Crippen molar-refractivity contribution >= 4 is 23.2 Å². The van der Waals surface area contributed by atoms with Crippen LogP contribution in [0.25, 0.3) is 0 Å². The summed E-state index contributed by atoms with van der Waals surface area (Å²) in [7, 11) is 1.67. The lowest BCUT2D eigenvalue weighted by Crippen LogP contribution is -2.30. The highest BCUT2D eigenvalue weighted by atomic mass is 19.4. The van der Waals surface area contributed by atoms with Crippen molar-refractivity contribution in [2.75, 3.05) is 30.4 Å². The van der Waals surface area contributed by atoms with E-state index in [-0.39, 0.29) is 24.9 Å². The maximum Gasteiger partial charge on any atom is 0.416 e. The first-order valence-electron chi connectivity index (χ1n) is 9.27. The second-order valence-electron chi connectivity index (χ2n) is 7.12. The first-order chi connectivity index (χ1) is 13.7. The molecule has 8 heteroatoms. The zero-order chi connectivity index (χ0) is 21.0. The van der Waals surface area contributed by atoms with Crippen molar-refractivity contribution in [1.82, 2.24) is 4.90 Å². The molecule has 0 spiro atoms. The minimum Gasteiger partial charge on any atom is -0.325 e. The highest BCUT2D eigenvalue weighted by Crippen LogP contribution is 2.29. The second-order valence-corrected chi connectivity index (χ2v) is 7.12. The summed E-state index contributed by atoms with van der Waals surface area (Å²) >= 11 is 0. The van der Waals surface area contributed by atoms with E-state index in [9.17, 15) is 22.8 Å². The van der Waals surface area contributed by atoms with Crippen LogP contribution in [0.2, 0.25) is 0 Å². The van der Waals surface area contributed by atoms with E-state index in [4.69, 9.17) is 0 Å². The molecule has 3 rings (SSSR count). The van der Waals surface area contributed by atoms with Crippen LogP contribution in [0, 0.1) is 0 Å².